The van der Waals surface area contributed by atoms with Crippen LogP contribution >= 0.6 is 23.5 Å². The second kappa shape index (κ2) is 11.6. The molecule has 0 atom stereocenters. The molecule has 1 rings (SSSR count). The SMILES string of the molecule is CC(=O)SCCCCCN1CCC(CCSC(C)=O)CC1. The van der Waals surface area contributed by atoms with Gasteiger partial charge in [0, 0.05) is 25.4 Å². The van der Waals surface area contributed by atoms with Crippen LogP contribution in [0.5, 0.6) is 0 Å². The molecule has 1 saturated heterocycles. The third-order valence-corrected chi connectivity index (χ3v) is 5.71. The van der Waals surface area contributed by atoms with E-state index in [0.717, 1.165) is 23.8 Å². The summed E-state index contributed by atoms with van der Waals surface area (Å²) in [4.78, 5) is 24.3. The van der Waals surface area contributed by atoms with Crippen molar-refractivity contribution in [2.75, 3.05) is 31.1 Å². The van der Waals surface area contributed by atoms with Crippen molar-refractivity contribution in [3.8, 4) is 0 Å². The first-order valence-corrected chi connectivity index (χ1v) is 10.0. The van der Waals surface area contributed by atoms with E-state index in [1.807, 2.05) is 0 Å². The van der Waals surface area contributed by atoms with Crippen molar-refractivity contribution in [1.29, 1.82) is 0 Å². The maximum absolute atomic E-state index is 10.9. The molecule has 0 radical (unpaired) electrons. The lowest BCUT2D eigenvalue weighted by atomic mass is 9.94. The number of nitrogens with zero attached hydrogens (tertiary/aromatic N) is 1. The molecule has 122 valence electrons. The van der Waals surface area contributed by atoms with Gasteiger partial charge in [0.25, 0.3) is 0 Å². The van der Waals surface area contributed by atoms with Gasteiger partial charge in [-0.1, -0.05) is 29.9 Å². The lowest BCUT2D eigenvalue weighted by Crippen LogP contribution is -2.34. The molecule has 0 amide bonds. The monoisotopic (exact) mass is 331 g/mol. The summed E-state index contributed by atoms with van der Waals surface area (Å²) in [7, 11) is 0. The zero-order chi connectivity index (χ0) is 15.5. The number of hydrogen-bond donors (Lipinski definition) is 0. The van der Waals surface area contributed by atoms with Crippen LogP contribution in [0.3, 0.4) is 0 Å². The van der Waals surface area contributed by atoms with Crippen LogP contribution in [0.4, 0.5) is 0 Å². The fraction of sp³-hybridized carbons (Fsp3) is 0.875. The van der Waals surface area contributed by atoms with Crippen molar-refractivity contribution >= 4 is 33.8 Å². The van der Waals surface area contributed by atoms with E-state index in [1.165, 1.54) is 75.3 Å². The number of hydrogen-bond acceptors (Lipinski definition) is 5. The number of carbonyl (C=O) groups is 2. The van der Waals surface area contributed by atoms with Gasteiger partial charge in [-0.05, 0) is 57.7 Å². The van der Waals surface area contributed by atoms with Crippen molar-refractivity contribution in [3.63, 3.8) is 0 Å². The Balaban J connectivity index is 1.95. The van der Waals surface area contributed by atoms with Crippen LogP contribution in [0, 0.1) is 5.92 Å². The summed E-state index contributed by atoms with van der Waals surface area (Å²) < 4.78 is 0. The standard InChI is InChI=1S/C16H29NO2S2/c1-14(18)20-12-5-3-4-9-17-10-6-16(7-11-17)8-13-21-15(2)19/h16H,3-13H2,1-2H3. The fourth-order valence-corrected chi connectivity index (χ4v) is 4.07. The molecule has 0 unspecified atom stereocenters. The molecule has 5 heteroatoms. The third-order valence-electron chi connectivity index (χ3n) is 3.96. The first-order chi connectivity index (χ1) is 10.1. The molecule has 1 aliphatic rings. The van der Waals surface area contributed by atoms with Gasteiger partial charge in [0.1, 0.15) is 0 Å². The summed E-state index contributed by atoms with van der Waals surface area (Å²) in [6.07, 6.45) is 7.42. The van der Waals surface area contributed by atoms with Crippen LogP contribution < -0.4 is 0 Å². The zero-order valence-electron chi connectivity index (χ0n) is 13.4. The lowest BCUT2D eigenvalue weighted by molar-refractivity contribution is -0.109. The first-order valence-electron chi connectivity index (χ1n) is 8.07. The molecule has 0 N–H and O–H groups in total. The van der Waals surface area contributed by atoms with Crippen molar-refractivity contribution in [2.45, 2.75) is 52.4 Å². The summed E-state index contributed by atoms with van der Waals surface area (Å²) in [5.74, 6) is 2.79. The molecule has 0 aromatic rings. The van der Waals surface area contributed by atoms with Gasteiger partial charge in [0.2, 0.25) is 0 Å². The molecule has 1 aliphatic heterocycles. The van der Waals surface area contributed by atoms with E-state index in [-0.39, 0.29) is 10.2 Å². The largest absolute Gasteiger partial charge is 0.303 e. The number of thioether (sulfide) groups is 2. The van der Waals surface area contributed by atoms with Crippen molar-refractivity contribution in [2.24, 2.45) is 5.92 Å². The van der Waals surface area contributed by atoms with Crippen LogP contribution in [0.1, 0.15) is 52.4 Å². The van der Waals surface area contributed by atoms with Crippen molar-refractivity contribution < 1.29 is 9.59 Å². The Labute approximate surface area is 138 Å². The summed E-state index contributed by atoms with van der Waals surface area (Å²) in [5.41, 5.74) is 0. The van der Waals surface area contributed by atoms with Crippen molar-refractivity contribution in [1.82, 2.24) is 4.90 Å². The van der Waals surface area contributed by atoms with Gasteiger partial charge in [-0.25, -0.2) is 0 Å². The minimum atomic E-state index is 0.236. The van der Waals surface area contributed by atoms with Crippen LogP contribution in [-0.4, -0.2) is 46.3 Å². The Morgan fingerprint density at radius 1 is 0.952 bits per heavy atom. The van der Waals surface area contributed by atoms with Gasteiger partial charge in [-0.3, -0.25) is 9.59 Å². The van der Waals surface area contributed by atoms with E-state index in [0.29, 0.717) is 0 Å². The second-order valence-electron chi connectivity index (χ2n) is 5.81. The molecule has 0 saturated carbocycles. The quantitative estimate of drug-likeness (QED) is 0.600. The molecular weight excluding hydrogens is 302 g/mol. The zero-order valence-corrected chi connectivity index (χ0v) is 15.1. The van der Waals surface area contributed by atoms with Crippen LogP contribution in [0.25, 0.3) is 0 Å². The third kappa shape index (κ3) is 10.4. The number of piperidine rings is 1. The van der Waals surface area contributed by atoms with E-state index >= 15 is 0 Å². The van der Waals surface area contributed by atoms with Gasteiger partial charge in [-0.2, -0.15) is 0 Å². The molecule has 21 heavy (non-hydrogen) atoms. The average molecular weight is 332 g/mol. The summed E-state index contributed by atoms with van der Waals surface area (Å²) in [6.45, 7) is 6.95. The number of likely N-dealkylation sites (tertiary alicyclic amines) is 1. The van der Waals surface area contributed by atoms with Gasteiger partial charge in [-0.15, -0.1) is 0 Å². The van der Waals surface area contributed by atoms with E-state index < -0.39 is 0 Å². The Bertz CT molecular complexity index is 313. The summed E-state index contributed by atoms with van der Waals surface area (Å²) in [6, 6.07) is 0. The smallest absolute Gasteiger partial charge is 0.185 e. The molecule has 0 aromatic heterocycles. The molecular formula is C16H29NO2S2. The molecule has 0 aromatic carbocycles. The highest BCUT2D eigenvalue weighted by molar-refractivity contribution is 8.13. The van der Waals surface area contributed by atoms with Gasteiger partial charge < -0.3 is 4.90 Å². The van der Waals surface area contributed by atoms with Gasteiger partial charge >= 0.3 is 0 Å². The maximum atomic E-state index is 10.9. The predicted octanol–water partition coefficient (Wildman–Crippen LogP) is 3.82. The van der Waals surface area contributed by atoms with Crippen molar-refractivity contribution in [3.05, 3.63) is 0 Å². The Kier molecular flexibility index (Phi) is 10.5. The average Bonchev–Trinajstić information content (AvgIpc) is 2.43. The van der Waals surface area contributed by atoms with Crippen LogP contribution in [0.15, 0.2) is 0 Å². The fourth-order valence-electron chi connectivity index (χ4n) is 2.70. The topological polar surface area (TPSA) is 37.4 Å². The molecule has 0 bridgehead atoms. The van der Waals surface area contributed by atoms with Gasteiger partial charge in [0.15, 0.2) is 10.2 Å². The van der Waals surface area contributed by atoms with E-state index in [4.69, 9.17) is 0 Å². The molecule has 1 heterocycles. The highest BCUT2D eigenvalue weighted by Crippen LogP contribution is 2.22. The Morgan fingerprint density at radius 3 is 2.19 bits per heavy atom. The highest BCUT2D eigenvalue weighted by atomic mass is 32.2. The number of carbonyl (C=O) groups excluding carboxylic acids is 2. The minimum absolute atomic E-state index is 0.236. The van der Waals surface area contributed by atoms with E-state index in [2.05, 4.69) is 4.90 Å². The maximum Gasteiger partial charge on any atom is 0.185 e. The lowest BCUT2D eigenvalue weighted by Gasteiger charge is -2.31. The number of unbranched alkanes of at least 4 members (excludes halogenated alkanes) is 2. The van der Waals surface area contributed by atoms with E-state index in [9.17, 15) is 9.59 Å². The Hall–Kier alpha value is -0.0000000000000000555. The first kappa shape index (κ1) is 19.0. The Morgan fingerprint density at radius 2 is 1.57 bits per heavy atom. The second-order valence-corrected chi connectivity index (χ2v) is 8.36. The molecule has 0 aliphatic carbocycles. The van der Waals surface area contributed by atoms with Crippen LogP contribution in [-0.2, 0) is 9.59 Å². The summed E-state index contributed by atoms with van der Waals surface area (Å²) >= 11 is 2.92. The van der Waals surface area contributed by atoms with E-state index in [1.54, 1.807) is 13.8 Å². The minimum Gasteiger partial charge on any atom is -0.303 e. The normalized spacial score (nSPS) is 17.0. The molecule has 3 nitrogen and oxygen atoms in total. The molecule has 1 fully saturated rings. The predicted molar refractivity (Wildman–Crippen MR) is 93.9 cm³/mol. The van der Waals surface area contributed by atoms with Gasteiger partial charge in [0.05, 0.1) is 0 Å². The molecule has 0 spiro atoms. The number of rotatable bonds is 9. The van der Waals surface area contributed by atoms with Crippen LogP contribution in [0.2, 0.25) is 0 Å². The summed E-state index contributed by atoms with van der Waals surface area (Å²) in [5, 5.41) is 0.482. The highest BCUT2D eigenvalue weighted by Gasteiger charge is 2.18.